The molecule has 0 aromatic heterocycles. The molecule has 0 bridgehead atoms. The lowest BCUT2D eigenvalue weighted by molar-refractivity contribution is 0.124. The van der Waals surface area contributed by atoms with Crippen LogP contribution in [0.4, 0.5) is 0 Å². The fourth-order valence-electron chi connectivity index (χ4n) is 6.23. The zero-order valence-electron chi connectivity index (χ0n) is 21.4. The maximum Gasteiger partial charge on any atom is 0.123 e. The molecule has 33 heavy (non-hydrogen) atoms. The maximum atomic E-state index is 6.52. The summed E-state index contributed by atoms with van der Waals surface area (Å²) in [5.41, 5.74) is 3.42. The highest BCUT2D eigenvalue weighted by Crippen LogP contribution is 2.63. The van der Waals surface area contributed by atoms with E-state index in [1.54, 1.807) is 10.9 Å². The van der Waals surface area contributed by atoms with Crippen LogP contribution in [0, 0.1) is 5.92 Å². The predicted octanol–water partition coefficient (Wildman–Crippen LogP) is 9.24. The van der Waals surface area contributed by atoms with Gasteiger partial charge in [0.2, 0.25) is 0 Å². The molecule has 182 valence electrons. The van der Waals surface area contributed by atoms with Crippen molar-refractivity contribution in [2.75, 3.05) is 0 Å². The Balaban J connectivity index is 1.46. The van der Waals surface area contributed by atoms with Gasteiger partial charge >= 0.3 is 0 Å². The summed E-state index contributed by atoms with van der Waals surface area (Å²) in [7, 11) is -0.0630. The number of benzene rings is 1. The van der Waals surface area contributed by atoms with Crippen molar-refractivity contribution in [2.45, 2.75) is 122 Å². The van der Waals surface area contributed by atoms with Gasteiger partial charge in [-0.15, -0.1) is 0 Å². The van der Waals surface area contributed by atoms with E-state index in [0.717, 1.165) is 22.8 Å². The van der Waals surface area contributed by atoms with Gasteiger partial charge in [-0.05, 0) is 113 Å². The highest BCUT2D eigenvalue weighted by molar-refractivity contribution is 7.63. The molecule has 3 heteroatoms. The molecule has 1 aromatic rings. The molecule has 3 aliphatic rings. The van der Waals surface area contributed by atoms with Crippen LogP contribution in [-0.4, -0.2) is 23.5 Å². The van der Waals surface area contributed by atoms with Crippen LogP contribution in [0.1, 0.15) is 98.3 Å². The second kappa shape index (κ2) is 11.9. The van der Waals surface area contributed by atoms with E-state index in [9.17, 15) is 0 Å². The molecule has 2 saturated carbocycles. The van der Waals surface area contributed by atoms with Crippen molar-refractivity contribution in [2.24, 2.45) is 5.92 Å². The van der Waals surface area contributed by atoms with Gasteiger partial charge in [-0.25, -0.2) is 0 Å². The van der Waals surface area contributed by atoms with E-state index in [2.05, 4.69) is 58.0 Å². The predicted molar refractivity (Wildman–Crippen MR) is 143 cm³/mol. The first-order valence-corrected chi connectivity index (χ1v) is 15.1. The van der Waals surface area contributed by atoms with Crippen LogP contribution in [0.3, 0.4) is 0 Å². The lowest BCUT2D eigenvalue weighted by Gasteiger charge is -2.43. The van der Waals surface area contributed by atoms with Crippen molar-refractivity contribution in [1.29, 1.82) is 0 Å². The molecule has 2 fully saturated rings. The molecule has 0 amide bonds. The molecular formula is C30H45O2P. The first-order valence-electron chi connectivity index (χ1n) is 13.6. The molecule has 0 aliphatic heterocycles. The molecule has 0 spiro atoms. The number of allylic oxidation sites excluding steroid dienone is 4. The van der Waals surface area contributed by atoms with Crippen molar-refractivity contribution < 1.29 is 9.47 Å². The molecule has 0 saturated heterocycles. The molecule has 3 aliphatic carbocycles. The fraction of sp³-hybridized carbons (Fsp3) is 0.667. The van der Waals surface area contributed by atoms with Crippen LogP contribution < -0.4 is 9.47 Å². The SMILES string of the molecule is CC1=CCCC=C1P(C1CCCCC1)C1CCCC(C(C)Oc2cccc(OC(C)C)c2)C1. The number of hydrogen-bond donors (Lipinski definition) is 0. The van der Waals surface area contributed by atoms with Crippen LogP contribution in [0.25, 0.3) is 0 Å². The van der Waals surface area contributed by atoms with Crippen molar-refractivity contribution in [1.82, 2.24) is 0 Å². The van der Waals surface area contributed by atoms with Gasteiger partial charge in [-0.1, -0.05) is 51.8 Å². The van der Waals surface area contributed by atoms with Crippen LogP contribution in [-0.2, 0) is 0 Å². The van der Waals surface area contributed by atoms with Crippen LogP contribution in [0.5, 0.6) is 11.5 Å². The minimum Gasteiger partial charge on any atom is -0.491 e. The second-order valence-electron chi connectivity index (χ2n) is 10.8. The molecule has 4 atom stereocenters. The first-order chi connectivity index (χ1) is 16.0. The number of rotatable bonds is 8. The van der Waals surface area contributed by atoms with Crippen LogP contribution in [0.15, 0.2) is 47.3 Å². The minimum absolute atomic E-state index is 0.0630. The zero-order chi connectivity index (χ0) is 23.2. The Bertz CT molecular complexity index is 820. The van der Waals surface area contributed by atoms with Crippen LogP contribution >= 0.6 is 7.92 Å². The molecule has 0 N–H and O–H groups in total. The topological polar surface area (TPSA) is 18.5 Å². The Hall–Kier alpha value is -1.27. The third-order valence-corrected chi connectivity index (χ3v) is 11.5. The molecular weight excluding hydrogens is 423 g/mol. The molecule has 2 nitrogen and oxygen atoms in total. The molecule has 0 radical (unpaired) electrons. The summed E-state index contributed by atoms with van der Waals surface area (Å²) in [6.07, 6.45) is 20.8. The summed E-state index contributed by atoms with van der Waals surface area (Å²) < 4.78 is 12.4. The summed E-state index contributed by atoms with van der Waals surface area (Å²) >= 11 is 0. The van der Waals surface area contributed by atoms with Crippen molar-refractivity contribution >= 4 is 7.92 Å². The van der Waals surface area contributed by atoms with Gasteiger partial charge in [0.15, 0.2) is 0 Å². The Morgan fingerprint density at radius 3 is 2.24 bits per heavy atom. The van der Waals surface area contributed by atoms with E-state index >= 15 is 0 Å². The second-order valence-corrected chi connectivity index (χ2v) is 13.6. The van der Waals surface area contributed by atoms with Gasteiger partial charge in [0.1, 0.15) is 11.5 Å². The molecule has 1 aromatic carbocycles. The smallest absolute Gasteiger partial charge is 0.123 e. The van der Waals surface area contributed by atoms with Gasteiger partial charge in [0.05, 0.1) is 12.2 Å². The quantitative estimate of drug-likeness (QED) is 0.354. The molecule has 0 heterocycles. The third-order valence-electron chi connectivity index (χ3n) is 7.85. The maximum absolute atomic E-state index is 6.52. The van der Waals surface area contributed by atoms with Gasteiger partial charge in [0.25, 0.3) is 0 Å². The van der Waals surface area contributed by atoms with E-state index < -0.39 is 0 Å². The van der Waals surface area contributed by atoms with Gasteiger partial charge in [-0.3, -0.25) is 0 Å². The van der Waals surface area contributed by atoms with Gasteiger partial charge in [0, 0.05) is 6.07 Å². The Labute approximate surface area is 204 Å². The lowest BCUT2D eigenvalue weighted by atomic mass is 9.85. The summed E-state index contributed by atoms with van der Waals surface area (Å²) in [5.74, 6) is 2.51. The van der Waals surface area contributed by atoms with E-state index in [1.165, 1.54) is 70.6 Å². The average Bonchev–Trinajstić information content (AvgIpc) is 2.81. The highest BCUT2D eigenvalue weighted by Gasteiger charge is 2.38. The van der Waals surface area contributed by atoms with Crippen molar-refractivity contribution in [3.63, 3.8) is 0 Å². The summed E-state index contributed by atoms with van der Waals surface area (Å²) in [5, 5.41) is 1.78. The first kappa shape index (κ1) is 24.8. The summed E-state index contributed by atoms with van der Waals surface area (Å²) in [6.45, 7) is 8.83. The van der Waals surface area contributed by atoms with Gasteiger partial charge in [-0.2, -0.15) is 0 Å². The van der Waals surface area contributed by atoms with E-state index in [-0.39, 0.29) is 20.1 Å². The number of ether oxygens (including phenoxy) is 2. The average molecular weight is 469 g/mol. The monoisotopic (exact) mass is 468 g/mol. The number of hydrogen-bond acceptors (Lipinski definition) is 2. The summed E-state index contributed by atoms with van der Waals surface area (Å²) in [4.78, 5) is 0. The molecule has 4 unspecified atom stereocenters. The fourth-order valence-corrected chi connectivity index (χ4v) is 10.3. The van der Waals surface area contributed by atoms with Crippen molar-refractivity contribution in [3.05, 3.63) is 47.3 Å². The van der Waals surface area contributed by atoms with Crippen LogP contribution in [0.2, 0.25) is 0 Å². The Morgan fingerprint density at radius 1 is 0.818 bits per heavy atom. The minimum atomic E-state index is -0.0630. The summed E-state index contributed by atoms with van der Waals surface area (Å²) in [6, 6.07) is 8.22. The zero-order valence-corrected chi connectivity index (χ0v) is 22.3. The van der Waals surface area contributed by atoms with E-state index in [4.69, 9.17) is 9.47 Å². The largest absolute Gasteiger partial charge is 0.491 e. The normalized spacial score (nSPS) is 26.3. The standard InChI is InChI=1S/C30H45O2P/c1-22(2)31-26-14-11-15-27(21-26)32-24(4)25-13-10-18-29(20-25)33(28-16-6-5-7-17-28)30-19-9-8-12-23(30)3/h11-12,14-15,19,21-22,24-25,28-29H,5-10,13,16-18,20H2,1-4H3. The Morgan fingerprint density at radius 2 is 1.52 bits per heavy atom. The van der Waals surface area contributed by atoms with E-state index in [1.807, 2.05) is 6.07 Å². The third kappa shape index (κ3) is 6.66. The highest BCUT2D eigenvalue weighted by atomic mass is 31.1. The Kier molecular flexibility index (Phi) is 8.98. The van der Waals surface area contributed by atoms with Gasteiger partial charge < -0.3 is 9.47 Å². The molecule has 4 rings (SSSR count). The lowest BCUT2D eigenvalue weighted by Crippen LogP contribution is -2.32. The van der Waals surface area contributed by atoms with E-state index in [0.29, 0.717) is 5.92 Å². The van der Waals surface area contributed by atoms with Crippen molar-refractivity contribution in [3.8, 4) is 11.5 Å².